The molecule has 0 aliphatic rings. The van der Waals surface area contributed by atoms with E-state index in [1.807, 2.05) is 24.3 Å². The maximum Gasteiger partial charge on any atom is 0.210 e. The fourth-order valence-electron chi connectivity index (χ4n) is 1.93. The first kappa shape index (κ1) is 14.9. The molecule has 3 rings (SSSR count). The average molecular weight is 335 g/mol. The second kappa shape index (κ2) is 6.37. The second-order valence-electron chi connectivity index (χ2n) is 4.60. The Morgan fingerprint density at radius 2 is 1.91 bits per heavy atom. The van der Waals surface area contributed by atoms with Crippen LogP contribution in [0.15, 0.2) is 53.7 Å². The lowest BCUT2D eigenvalue weighted by Gasteiger charge is -2.04. The summed E-state index contributed by atoms with van der Waals surface area (Å²) in [6.45, 7) is 0. The van der Waals surface area contributed by atoms with Crippen molar-refractivity contribution in [3.63, 3.8) is 0 Å². The van der Waals surface area contributed by atoms with Crippen LogP contribution in [-0.2, 0) is 5.75 Å². The van der Waals surface area contributed by atoms with Crippen molar-refractivity contribution < 1.29 is 4.39 Å². The summed E-state index contributed by atoms with van der Waals surface area (Å²) in [7, 11) is 0. The minimum atomic E-state index is -0.337. The molecule has 0 fully saturated rings. The number of nitrogens with zero attached hydrogens (tertiary/aromatic N) is 3. The molecule has 0 bridgehead atoms. The van der Waals surface area contributed by atoms with Gasteiger partial charge >= 0.3 is 0 Å². The highest BCUT2D eigenvalue weighted by Crippen LogP contribution is 2.25. The zero-order chi connectivity index (χ0) is 15.5. The molecular weight excluding hydrogens is 323 g/mol. The third-order valence-corrected chi connectivity index (χ3v) is 4.29. The average Bonchev–Trinajstić information content (AvgIpc) is 2.88. The zero-order valence-electron chi connectivity index (χ0n) is 11.4. The molecule has 22 heavy (non-hydrogen) atoms. The predicted molar refractivity (Wildman–Crippen MR) is 86.6 cm³/mol. The van der Waals surface area contributed by atoms with E-state index in [9.17, 15) is 4.39 Å². The lowest BCUT2D eigenvalue weighted by molar-refractivity contribution is 0.628. The highest BCUT2D eigenvalue weighted by molar-refractivity contribution is 7.98. The lowest BCUT2D eigenvalue weighted by Crippen LogP contribution is -2.11. The molecule has 112 valence electrons. The van der Waals surface area contributed by atoms with Gasteiger partial charge in [-0.1, -0.05) is 47.6 Å². The van der Waals surface area contributed by atoms with E-state index < -0.39 is 0 Å². The molecule has 0 saturated heterocycles. The van der Waals surface area contributed by atoms with Crippen molar-refractivity contribution in [1.82, 2.24) is 14.9 Å². The van der Waals surface area contributed by atoms with Gasteiger partial charge in [0.05, 0.1) is 0 Å². The molecule has 3 aromatic rings. The van der Waals surface area contributed by atoms with Gasteiger partial charge in [0, 0.05) is 16.3 Å². The summed E-state index contributed by atoms with van der Waals surface area (Å²) in [5.41, 5.74) is 1.69. The summed E-state index contributed by atoms with van der Waals surface area (Å²) < 4.78 is 14.6. The number of hydrogen-bond acceptors (Lipinski definition) is 4. The topological polar surface area (TPSA) is 56.7 Å². The van der Waals surface area contributed by atoms with Gasteiger partial charge in [-0.2, -0.15) is 0 Å². The summed E-state index contributed by atoms with van der Waals surface area (Å²) in [6, 6.07) is 13.7. The molecule has 1 aromatic heterocycles. The van der Waals surface area contributed by atoms with Crippen LogP contribution < -0.4 is 5.84 Å². The first-order valence-electron chi connectivity index (χ1n) is 6.47. The van der Waals surface area contributed by atoms with Gasteiger partial charge in [0.2, 0.25) is 5.16 Å². The van der Waals surface area contributed by atoms with Crippen molar-refractivity contribution in [3.05, 3.63) is 64.9 Å². The van der Waals surface area contributed by atoms with Gasteiger partial charge in [0.25, 0.3) is 0 Å². The van der Waals surface area contributed by atoms with Crippen molar-refractivity contribution in [2.24, 2.45) is 0 Å². The molecule has 0 aliphatic carbocycles. The Hall–Kier alpha value is -2.05. The third-order valence-electron chi connectivity index (χ3n) is 3.03. The molecule has 2 N–H and O–H groups in total. The Kier molecular flexibility index (Phi) is 4.31. The molecule has 0 spiro atoms. The van der Waals surface area contributed by atoms with Crippen LogP contribution >= 0.6 is 23.4 Å². The fraction of sp³-hybridized carbons (Fsp3) is 0.0667. The SMILES string of the molecule is Nn1c(SCc2ccc(Cl)cc2)nnc1-c1cccc(F)c1. The summed E-state index contributed by atoms with van der Waals surface area (Å²) >= 11 is 7.31. The number of hydrogen-bond donors (Lipinski definition) is 1. The van der Waals surface area contributed by atoms with E-state index in [4.69, 9.17) is 17.4 Å². The van der Waals surface area contributed by atoms with Gasteiger partial charge in [-0.15, -0.1) is 10.2 Å². The minimum absolute atomic E-state index is 0.337. The number of nitrogen functional groups attached to an aromatic ring is 1. The van der Waals surface area contributed by atoms with Crippen LogP contribution in [0.25, 0.3) is 11.4 Å². The number of aromatic nitrogens is 3. The lowest BCUT2D eigenvalue weighted by atomic mass is 10.2. The van der Waals surface area contributed by atoms with E-state index in [2.05, 4.69) is 10.2 Å². The Labute approximate surface area is 136 Å². The smallest absolute Gasteiger partial charge is 0.210 e. The van der Waals surface area contributed by atoms with Gasteiger partial charge < -0.3 is 5.84 Å². The van der Waals surface area contributed by atoms with E-state index in [0.29, 0.717) is 27.3 Å². The quantitative estimate of drug-likeness (QED) is 0.583. The number of rotatable bonds is 4. The Bertz CT molecular complexity index is 788. The van der Waals surface area contributed by atoms with Gasteiger partial charge in [-0.25, -0.2) is 9.07 Å². The van der Waals surface area contributed by atoms with Gasteiger partial charge in [0.1, 0.15) is 5.82 Å². The molecule has 1 heterocycles. The van der Waals surface area contributed by atoms with Crippen LogP contribution in [0, 0.1) is 5.82 Å². The Balaban J connectivity index is 1.77. The molecule has 0 atom stereocenters. The van der Waals surface area contributed by atoms with Crippen molar-refractivity contribution in [2.75, 3.05) is 5.84 Å². The van der Waals surface area contributed by atoms with E-state index in [1.165, 1.54) is 28.6 Å². The van der Waals surface area contributed by atoms with E-state index in [0.717, 1.165) is 5.56 Å². The predicted octanol–water partition coefficient (Wildman–Crippen LogP) is 3.74. The van der Waals surface area contributed by atoms with Crippen molar-refractivity contribution in [2.45, 2.75) is 10.9 Å². The molecular formula is C15H12ClFN4S. The van der Waals surface area contributed by atoms with E-state index >= 15 is 0 Å². The maximum atomic E-state index is 13.3. The summed E-state index contributed by atoms with van der Waals surface area (Å²) in [5, 5.41) is 9.35. The highest BCUT2D eigenvalue weighted by Gasteiger charge is 2.12. The highest BCUT2D eigenvalue weighted by atomic mass is 35.5. The van der Waals surface area contributed by atoms with E-state index in [-0.39, 0.29) is 5.82 Å². The molecule has 2 aromatic carbocycles. The fourth-order valence-corrected chi connectivity index (χ4v) is 2.87. The second-order valence-corrected chi connectivity index (χ2v) is 5.98. The number of nitrogens with two attached hydrogens (primary N) is 1. The molecule has 0 radical (unpaired) electrons. The van der Waals surface area contributed by atoms with Gasteiger partial charge in [-0.3, -0.25) is 0 Å². The van der Waals surface area contributed by atoms with E-state index in [1.54, 1.807) is 12.1 Å². The molecule has 0 unspecified atom stereocenters. The van der Waals surface area contributed by atoms with Crippen LogP contribution in [0.5, 0.6) is 0 Å². The number of thioether (sulfide) groups is 1. The summed E-state index contributed by atoms with van der Waals surface area (Å²) in [6.07, 6.45) is 0. The normalized spacial score (nSPS) is 10.8. The minimum Gasteiger partial charge on any atom is -0.335 e. The molecule has 0 aliphatic heterocycles. The molecule has 0 saturated carbocycles. The van der Waals surface area contributed by atoms with Gasteiger partial charge in [0.15, 0.2) is 5.82 Å². The standard InChI is InChI=1S/C15H12ClFN4S/c16-12-6-4-10(5-7-12)9-22-15-20-19-14(21(15)18)11-2-1-3-13(17)8-11/h1-8H,9,18H2. The van der Waals surface area contributed by atoms with Gasteiger partial charge in [-0.05, 0) is 29.8 Å². The Morgan fingerprint density at radius 1 is 1.14 bits per heavy atom. The number of benzene rings is 2. The first-order chi connectivity index (χ1) is 10.6. The van der Waals surface area contributed by atoms with Crippen molar-refractivity contribution >= 4 is 23.4 Å². The van der Waals surface area contributed by atoms with Crippen LogP contribution in [0.4, 0.5) is 4.39 Å². The monoisotopic (exact) mass is 334 g/mol. The molecule has 7 heteroatoms. The molecule has 4 nitrogen and oxygen atoms in total. The maximum absolute atomic E-state index is 13.3. The largest absolute Gasteiger partial charge is 0.335 e. The summed E-state index contributed by atoms with van der Waals surface area (Å²) in [4.78, 5) is 0. The molecule has 0 amide bonds. The number of halogens is 2. The van der Waals surface area contributed by atoms with Crippen LogP contribution in [0.1, 0.15) is 5.56 Å². The van der Waals surface area contributed by atoms with Crippen LogP contribution in [-0.4, -0.2) is 14.9 Å². The zero-order valence-corrected chi connectivity index (χ0v) is 13.0. The summed E-state index contributed by atoms with van der Waals surface area (Å²) in [5.74, 6) is 6.78. The van der Waals surface area contributed by atoms with Crippen molar-refractivity contribution in [1.29, 1.82) is 0 Å². The first-order valence-corrected chi connectivity index (χ1v) is 7.83. The van der Waals surface area contributed by atoms with Crippen LogP contribution in [0.3, 0.4) is 0 Å². The van der Waals surface area contributed by atoms with Crippen LogP contribution in [0.2, 0.25) is 5.02 Å². The third kappa shape index (κ3) is 3.23. The van der Waals surface area contributed by atoms with Crippen molar-refractivity contribution in [3.8, 4) is 11.4 Å². The Morgan fingerprint density at radius 3 is 2.64 bits per heavy atom.